The van der Waals surface area contributed by atoms with Gasteiger partial charge in [-0.25, -0.2) is 4.79 Å². The molecule has 0 aromatic carbocycles. The van der Waals surface area contributed by atoms with Crippen molar-refractivity contribution in [1.82, 2.24) is 9.78 Å². The van der Waals surface area contributed by atoms with Crippen LogP contribution < -0.4 is 0 Å². The quantitative estimate of drug-likeness (QED) is 0.829. The van der Waals surface area contributed by atoms with Gasteiger partial charge in [0, 0.05) is 6.20 Å². The lowest BCUT2D eigenvalue weighted by atomic mass is 9.85. The summed E-state index contributed by atoms with van der Waals surface area (Å²) in [4.78, 5) is 11.7. The second kappa shape index (κ2) is 5.34. The molecule has 0 amide bonds. The molecule has 1 aromatic rings. The summed E-state index contributed by atoms with van der Waals surface area (Å²) >= 11 is 0. The van der Waals surface area contributed by atoms with Gasteiger partial charge in [-0.05, 0) is 31.2 Å². The number of rotatable bonds is 6. The maximum atomic E-state index is 11.7. The molecule has 96 valence electrons. The van der Waals surface area contributed by atoms with E-state index in [0.717, 1.165) is 12.0 Å². The highest BCUT2D eigenvalue weighted by molar-refractivity contribution is 5.76. The van der Waals surface area contributed by atoms with E-state index in [0.29, 0.717) is 18.8 Å². The van der Waals surface area contributed by atoms with Gasteiger partial charge in [-0.1, -0.05) is 27.2 Å². The Morgan fingerprint density at radius 3 is 2.59 bits per heavy atom. The molecule has 0 spiro atoms. The van der Waals surface area contributed by atoms with Crippen LogP contribution in [0, 0.1) is 12.8 Å². The Bertz CT molecular complexity index is 387. The predicted octanol–water partition coefficient (Wildman–Crippen LogP) is 2.82. The average molecular weight is 238 g/mol. The van der Waals surface area contributed by atoms with E-state index in [1.54, 1.807) is 10.9 Å². The Morgan fingerprint density at radius 1 is 1.59 bits per heavy atom. The Balaban J connectivity index is 3.13. The topological polar surface area (TPSA) is 55.1 Å². The predicted molar refractivity (Wildman–Crippen MR) is 66.9 cm³/mol. The maximum absolute atomic E-state index is 11.7. The third-order valence-electron chi connectivity index (χ3n) is 3.52. The number of nitrogens with zero attached hydrogens (tertiary/aromatic N) is 2. The van der Waals surface area contributed by atoms with Gasteiger partial charge in [-0.3, -0.25) is 4.68 Å². The molecule has 0 saturated heterocycles. The molecule has 0 aliphatic rings. The molecule has 4 nitrogen and oxygen atoms in total. The van der Waals surface area contributed by atoms with E-state index in [-0.39, 0.29) is 0 Å². The van der Waals surface area contributed by atoms with E-state index < -0.39 is 11.5 Å². The number of carbonyl (C=O) groups is 1. The van der Waals surface area contributed by atoms with Crippen LogP contribution in [0.1, 0.15) is 45.6 Å². The molecule has 2 atom stereocenters. The lowest BCUT2D eigenvalue weighted by Gasteiger charge is -2.31. The van der Waals surface area contributed by atoms with E-state index in [1.807, 2.05) is 20.0 Å². The molecule has 0 bridgehead atoms. The summed E-state index contributed by atoms with van der Waals surface area (Å²) in [6, 6.07) is 0. The maximum Gasteiger partial charge on any atom is 0.331 e. The third kappa shape index (κ3) is 2.68. The molecule has 1 heterocycles. The molecule has 0 aliphatic carbocycles. The van der Waals surface area contributed by atoms with Crippen LogP contribution in [0.3, 0.4) is 0 Å². The number of aliphatic carboxylic acids is 1. The molecule has 0 saturated carbocycles. The number of aromatic nitrogens is 2. The zero-order chi connectivity index (χ0) is 13.1. The fourth-order valence-corrected chi connectivity index (χ4v) is 2.10. The summed E-state index contributed by atoms with van der Waals surface area (Å²) < 4.78 is 1.62. The van der Waals surface area contributed by atoms with Gasteiger partial charge in [0.2, 0.25) is 0 Å². The van der Waals surface area contributed by atoms with Gasteiger partial charge in [0.25, 0.3) is 0 Å². The van der Waals surface area contributed by atoms with Crippen molar-refractivity contribution < 1.29 is 9.90 Å². The highest BCUT2D eigenvalue weighted by atomic mass is 16.4. The third-order valence-corrected chi connectivity index (χ3v) is 3.52. The largest absolute Gasteiger partial charge is 0.479 e. The van der Waals surface area contributed by atoms with E-state index >= 15 is 0 Å². The first-order chi connectivity index (χ1) is 7.96. The zero-order valence-electron chi connectivity index (χ0n) is 11.1. The normalized spacial score (nSPS) is 16.5. The number of aryl methyl sites for hydroxylation is 1. The highest BCUT2D eigenvalue weighted by Gasteiger charge is 2.40. The molecule has 1 N–H and O–H groups in total. The number of hydrogen-bond donors (Lipinski definition) is 1. The lowest BCUT2D eigenvalue weighted by molar-refractivity contribution is -0.149. The minimum atomic E-state index is -0.899. The minimum absolute atomic E-state index is 0.371. The molecule has 2 unspecified atom stereocenters. The number of carboxylic acids is 1. The van der Waals surface area contributed by atoms with Gasteiger partial charge in [0.15, 0.2) is 5.54 Å². The first-order valence-electron chi connectivity index (χ1n) is 6.21. The van der Waals surface area contributed by atoms with Crippen molar-refractivity contribution in [3.05, 3.63) is 18.0 Å². The van der Waals surface area contributed by atoms with Crippen molar-refractivity contribution >= 4 is 5.97 Å². The highest BCUT2D eigenvalue weighted by Crippen LogP contribution is 2.30. The van der Waals surface area contributed by atoms with E-state index in [1.165, 1.54) is 0 Å². The Hall–Kier alpha value is -1.32. The summed E-state index contributed by atoms with van der Waals surface area (Å²) in [5.74, 6) is -0.418. The SMILES string of the molecule is CCC(C)CC(CC)(C(=O)O)n1cc(C)cn1. The van der Waals surface area contributed by atoms with Gasteiger partial charge < -0.3 is 5.11 Å². The smallest absolute Gasteiger partial charge is 0.331 e. The van der Waals surface area contributed by atoms with Crippen LogP contribution >= 0.6 is 0 Å². The van der Waals surface area contributed by atoms with Crippen LogP contribution in [-0.4, -0.2) is 20.9 Å². The van der Waals surface area contributed by atoms with Gasteiger partial charge in [-0.15, -0.1) is 0 Å². The molecule has 17 heavy (non-hydrogen) atoms. The first-order valence-corrected chi connectivity index (χ1v) is 6.21. The molecule has 1 rings (SSSR count). The average Bonchev–Trinajstić information content (AvgIpc) is 2.72. The Labute approximate surface area is 103 Å². The summed E-state index contributed by atoms with van der Waals surface area (Å²) in [5.41, 5.74) is 0.0946. The van der Waals surface area contributed by atoms with Crippen molar-refractivity contribution in [2.45, 2.75) is 52.5 Å². The monoisotopic (exact) mass is 238 g/mol. The molecular formula is C13H22N2O2. The lowest BCUT2D eigenvalue weighted by Crippen LogP contribution is -2.43. The summed E-state index contributed by atoms with van der Waals surface area (Å²) in [7, 11) is 0. The van der Waals surface area contributed by atoms with Crippen LogP contribution in [0.25, 0.3) is 0 Å². The van der Waals surface area contributed by atoms with Crippen molar-refractivity contribution in [3.8, 4) is 0 Å². The fourth-order valence-electron chi connectivity index (χ4n) is 2.10. The molecule has 1 aromatic heterocycles. The number of carboxylic acid groups (broad SMARTS) is 1. The van der Waals surface area contributed by atoms with Gasteiger partial charge >= 0.3 is 5.97 Å². The van der Waals surface area contributed by atoms with Crippen LogP contribution in [-0.2, 0) is 10.3 Å². The van der Waals surface area contributed by atoms with Crippen LogP contribution in [0.4, 0.5) is 0 Å². The number of hydrogen-bond acceptors (Lipinski definition) is 2. The van der Waals surface area contributed by atoms with Gasteiger partial charge in [0.1, 0.15) is 0 Å². The molecule has 0 aliphatic heterocycles. The Morgan fingerprint density at radius 2 is 2.24 bits per heavy atom. The zero-order valence-corrected chi connectivity index (χ0v) is 11.1. The molecular weight excluding hydrogens is 216 g/mol. The van der Waals surface area contributed by atoms with Crippen molar-refractivity contribution in [2.75, 3.05) is 0 Å². The Kier molecular flexibility index (Phi) is 4.32. The second-order valence-corrected chi connectivity index (χ2v) is 4.87. The van der Waals surface area contributed by atoms with Gasteiger partial charge in [-0.2, -0.15) is 5.10 Å². The first kappa shape index (κ1) is 13.7. The molecule has 0 radical (unpaired) electrons. The van der Waals surface area contributed by atoms with Crippen LogP contribution in [0.15, 0.2) is 12.4 Å². The molecule has 0 fully saturated rings. The standard InChI is InChI=1S/C13H22N2O2/c1-5-10(3)7-13(6-2,12(16)17)15-9-11(4)8-14-15/h8-10H,5-7H2,1-4H3,(H,16,17). The van der Waals surface area contributed by atoms with Crippen LogP contribution in [0.5, 0.6) is 0 Å². The second-order valence-electron chi connectivity index (χ2n) is 4.87. The van der Waals surface area contributed by atoms with Crippen molar-refractivity contribution in [2.24, 2.45) is 5.92 Å². The van der Waals surface area contributed by atoms with E-state index in [9.17, 15) is 9.90 Å². The fraction of sp³-hybridized carbons (Fsp3) is 0.692. The van der Waals surface area contributed by atoms with Crippen LogP contribution in [0.2, 0.25) is 0 Å². The minimum Gasteiger partial charge on any atom is -0.479 e. The molecule has 4 heteroatoms. The summed E-state index contributed by atoms with van der Waals surface area (Å²) in [5, 5.41) is 13.8. The summed E-state index contributed by atoms with van der Waals surface area (Å²) in [6.07, 6.45) is 5.68. The summed E-state index contributed by atoms with van der Waals surface area (Å²) in [6.45, 7) is 8.01. The van der Waals surface area contributed by atoms with Crippen molar-refractivity contribution in [3.63, 3.8) is 0 Å². The van der Waals surface area contributed by atoms with Crippen molar-refractivity contribution in [1.29, 1.82) is 0 Å². The van der Waals surface area contributed by atoms with E-state index in [4.69, 9.17) is 0 Å². The van der Waals surface area contributed by atoms with Gasteiger partial charge in [0.05, 0.1) is 6.20 Å². The van der Waals surface area contributed by atoms with E-state index in [2.05, 4.69) is 18.9 Å².